The maximum absolute atomic E-state index is 14.0. The molecule has 1 atom stereocenters. The van der Waals surface area contributed by atoms with Gasteiger partial charge in [-0.2, -0.15) is 0 Å². The number of aromatic nitrogens is 2. The van der Waals surface area contributed by atoms with Crippen molar-refractivity contribution >= 4 is 62.9 Å². The van der Waals surface area contributed by atoms with E-state index in [-0.39, 0.29) is 22.9 Å². The zero-order valence-electron chi connectivity index (χ0n) is 28.2. The normalized spacial score (nSPS) is 11.8. The minimum atomic E-state index is -0.741. The molecular formula is C41H34BrN5O4S. The van der Waals surface area contributed by atoms with Crippen LogP contribution in [0.25, 0.3) is 11.8 Å². The van der Waals surface area contributed by atoms with Crippen LogP contribution in [-0.4, -0.2) is 27.1 Å². The van der Waals surface area contributed by atoms with E-state index < -0.39 is 17.1 Å². The van der Waals surface area contributed by atoms with Gasteiger partial charge in [0, 0.05) is 27.7 Å². The van der Waals surface area contributed by atoms with Crippen molar-refractivity contribution in [3.63, 3.8) is 0 Å². The van der Waals surface area contributed by atoms with Gasteiger partial charge in [-0.3, -0.25) is 23.9 Å². The van der Waals surface area contributed by atoms with Gasteiger partial charge in [0.1, 0.15) is 16.6 Å². The molecule has 9 nitrogen and oxygen atoms in total. The van der Waals surface area contributed by atoms with Crippen LogP contribution in [-0.2, 0) is 16.6 Å². The van der Waals surface area contributed by atoms with Crippen molar-refractivity contribution in [2.45, 2.75) is 17.1 Å². The van der Waals surface area contributed by atoms with Crippen molar-refractivity contribution in [1.82, 2.24) is 14.7 Å². The molecule has 6 aromatic rings. The molecule has 3 N–H and O–H groups in total. The van der Waals surface area contributed by atoms with Gasteiger partial charge in [0.25, 0.3) is 17.4 Å². The molecule has 0 aliphatic heterocycles. The third-order valence-electron chi connectivity index (χ3n) is 8.20. The Morgan fingerprint density at radius 2 is 1.40 bits per heavy atom. The highest BCUT2D eigenvalue weighted by Gasteiger charge is 2.26. The summed E-state index contributed by atoms with van der Waals surface area (Å²) in [6, 6.07) is 41.6. The van der Waals surface area contributed by atoms with E-state index in [1.54, 1.807) is 67.2 Å². The highest BCUT2D eigenvalue weighted by Crippen LogP contribution is 2.37. The molecule has 0 fully saturated rings. The zero-order chi connectivity index (χ0) is 36.6. The Morgan fingerprint density at radius 3 is 2.08 bits per heavy atom. The number of nitrogens with zero attached hydrogens (tertiary/aromatic N) is 2. The first-order valence-electron chi connectivity index (χ1n) is 16.3. The van der Waals surface area contributed by atoms with Crippen molar-refractivity contribution in [3.8, 4) is 5.69 Å². The Balaban J connectivity index is 1.25. The van der Waals surface area contributed by atoms with Crippen LogP contribution in [0.4, 0.5) is 11.4 Å². The Kier molecular flexibility index (Phi) is 11.3. The number of anilines is 2. The Labute approximate surface area is 313 Å². The lowest BCUT2D eigenvalue weighted by atomic mass is 10.1. The van der Waals surface area contributed by atoms with Crippen LogP contribution in [0.2, 0.25) is 0 Å². The van der Waals surface area contributed by atoms with Crippen molar-refractivity contribution < 1.29 is 14.4 Å². The molecule has 0 bridgehead atoms. The van der Waals surface area contributed by atoms with Crippen LogP contribution >= 0.6 is 27.7 Å². The van der Waals surface area contributed by atoms with Gasteiger partial charge in [0.15, 0.2) is 0 Å². The first-order chi connectivity index (χ1) is 25.2. The first-order valence-corrected chi connectivity index (χ1v) is 18.0. The van der Waals surface area contributed by atoms with Crippen molar-refractivity contribution in [1.29, 1.82) is 0 Å². The van der Waals surface area contributed by atoms with Crippen LogP contribution < -0.4 is 21.5 Å². The zero-order valence-corrected chi connectivity index (χ0v) is 30.6. The Hall–Kier alpha value is -5.91. The second-order valence-electron chi connectivity index (χ2n) is 11.7. The van der Waals surface area contributed by atoms with E-state index in [1.807, 2.05) is 97.1 Å². The molecule has 260 valence electrons. The minimum absolute atomic E-state index is 0.0511. The first kappa shape index (κ1) is 35.9. The number of halogens is 1. The van der Waals surface area contributed by atoms with Crippen molar-refractivity contribution in [2.24, 2.45) is 7.05 Å². The predicted molar refractivity (Wildman–Crippen MR) is 211 cm³/mol. The fraction of sp³-hybridized carbons (Fsp3) is 0.0732. The summed E-state index contributed by atoms with van der Waals surface area (Å²) < 4.78 is 4.11. The van der Waals surface area contributed by atoms with Gasteiger partial charge in [-0.25, -0.2) is 4.68 Å². The van der Waals surface area contributed by atoms with Crippen LogP contribution in [0, 0.1) is 6.92 Å². The maximum Gasteiger partial charge on any atom is 0.295 e. The molecule has 5 aromatic carbocycles. The smallest absolute Gasteiger partial charge is 0.295 e. The lowest BCUT2D eigenvalue weighted by Gasteiger charge is -2.17. The number of thioether (sulfide) groups is 1. The van der Waals surface area contributed by atoms with E-state index in [0.717, 1.165) is 10.0 Å². The quantitative estimate of drug-likeness (QED) is 0.0910. The number of carbonyl (C=O) groups is 3. The molecule has 1 unspecified atom stereocenters. The molecule has 0 saturated carbocycles. The van der Waals surface area contributed by atoms with Gasteiger partial charge in [-0.15, -0.1) is 11.8 Å². The third-order valence-corrected chi connectivity index (χ3v) is 9.98. The topological polar surface area (TPSA) is 114 Å². The monoisotopic (exact) mass is 771 g/mol. The number of hydrogen-bond acceptors (Lipinski definition) is 5. The van der Waals surface area contributed by atoms with Gasteiger partial charge < -0.3 is 16.0 Å². The average Bonchev–Trinajstić information content (AvgIpc) is 3.37. The minimum Gasteiger partial charge on any atom is -0.321 e. The predicted octanol–water partition coefficient (Wildman–Crippen LogP) is 8.13. The summed E-state index contributed by atoms with van der Waals surface area (Å²) >= 11 is 4.71. The number of carbonyl (C=O) groups excluding carboxylic acids is 3. The van der Waals surface area contributed by atoms with E-state index in [4.69, 9.17) is 0 Å². The van der Waals surface area contributed by atoms with Crippen LogP contribution in [0.3, 0.4) is 0 Å². The Bertz CT molecular complexity index is 2310. The average molecular weight is 773 g/mol. The maximum atomic E-state index is 14.0. The molecule has 6 rings (SSSR count). The molecule has 1 aromatic heterocycles. The van der Waals surface area contributed by atoms with E-state index in [1.165, 1.54) is 16.4 Å². The highest BCUT2D eigenvalue weighted by atomic mass is 79.9. The second-order valence-corrected chi connectivity index (χ2v) is 13.8. The standard InChI is InChI=1S/C41H34BrN5O4S/c1-27-36(41(51)47(46(27)2)33-18-10-5-11-19-33)45-40(50)37(29-13-6-3-7-14-29)52-34-20-12-17-32(26-34)43-39(49)35(25-28-21-23-31(42)24-22-28)44-38(48)30-15-8-4-9-16-30/h3-26,37H,1-2H3,(H,43,49)(H,44,48)(H,45,50)/b35-25+. The van der Waals surface area contributed by atoms with Crippen LogP contribution in [0.15, 0.2) is 159 Å². The number of benzene rings is 5. The van der Waals surface area contributed by atoms with E-state index >= 15 is 0 Å². The molecule has 0 aliphatic rings. The molecule has 3 amide bonds. The largest absolute Gasteiger partial charge is 0.321 e. The van der Waals surface area contributed by atoms with E-state index in [9.17, 15) is 19.2 Å². The number of amides is 3. The van der Waals surface area contributed by atoms with E-state index in [2.05, 4.69) is 31.9 Å². The van der Waals surface area contributed by atoms with Gasteiger partial charge >= 0.3 is 0 Å². The summed E-state index contributed by atoms with van der Waals surface area (Å²) in [4.78, 5) is 55.1. The van der Waals surface area contributed by atoms with Gasteiger partial charge in [-0.05, 0) is 78.7 Å². The van der Waals surface area contributed by atoms with Crippen molar-refractivity contribution in [2.75, 3.05) is 10.6 Å². The second kappa shape index (κ2) is 16.4. The molecule has 0 radical (unpaired) electrons. The summed E-state index contributed by atoms with van der Waals surface area (Å²) in [6.07, 6.45) is 1.61. The van der Waals surface area contributed by atoms with Gasteiger partial charge in [0.05, 0.1) is 11.4 Å². The summed E-state index contributed by atoms with van der Waals surface area (Å²) in [6.45, 7) is 1.79. The van der Waals surface area contributed by atoms with Crippen LogP contribution in [0.1, 0.15) is 32.4 Å². The molecular weight excluding hydrogens is 738 g/mol. The number of nitrogens with one attached hydrogen (secondary N) is 3. The molecule has 0 spiro atoms. The molecule has 0 saturated heterocycles. The molecule has 0 aliphatic carbocycles. The Morgan fingerprint density at radius 1 is 0.769 bits per heavy atom. The summed E-state index contributed by atoms with van der Waals surface area (Å²) in [5.74, 6) is -1.33. The number of para-hydroxylation sites is 1. The van der Waals surface area contributed by atoms with Gasteiger partial charge in [-0.1, -0.05) is 101 Å². The van der Waals surface area contributed by atoms with Crippen LogP contribution in [0.5, 0.6) is 0 Å². The van der Waals surface area contributed by atoms with Crippen molar-refractivity contribution in [3.05, 3.63) is 182 Å². The lowest BCUT2D eigenvalue weighted by Crippen LogP contribution is -2.30. The third kappa shape index (κ3) is 8.51. The van der Waals surface area contributed by atoms with E-state index in [0.29, 0.717) is 33.1 Å². The number of rotatable bonds is 11. The molecule has 1 heterocycles. The summed E-state index contributed by atoms with van der Waals surface area (Å²) in [7, 11) is 1.77. The number of hydrogen-bond donors (Lipinski definition) is 3. The van der Waals surface area contributed by atoms with Gasteiger partial charge in [0.2, 0.25) is 5.91 Å². The fourth-order valence-corrected chi connectivity index (χ4v) is 6.80. The summed E-state index contributed by atoms with van der Waals surface area (Å²) in [5, 5.41) is 7.83. The SMILES string of the molecule is Cc1c(NC(=O)C(Sc2cccc(NC(=O)/C(=C\c3ccc(Br)cc3)NC(=O)c3ccccc3)c2)c2ccccc2)c(=O)n(-c2ccccc2)n1C. The highest BCUT2D eigenvalue weighted by molar-refractivity contribution is 9.10. The molecule has 11 heteroatoms. The molecule has 52 heavy (non-hydrogen) atoms. The fourth-order valence-electron chi connectivity index (χ4n) is 5.45. The lowest BCUT2D eigenvalue weighted by molar-refractivity contribution is -0.116. The summed E-state index contributed by atoms with van der Waals surface area (Å²) in [5.41, 5.74) is 3.51.